The van der Waals surface area contributed by atoms with Crippen LogP contribution < -0.4 is 4.74 Å². The van der Waals surface area contributed by atoms with Gasteiger partial charge in [0, 0.05) is 12.7 Å². The third kappa shape index (κ3) is 3.98. The van der Waals surface area contributed by atoms with E-state index in [1.54, 1.807) is 7.11 Å². The maximum absolute atomic E-state index is 10.9. The molecule has 2 unspecified atom stereocenters. The first-order valence-corrected chi connectivity index (χ1v) is 7.95. The zero-order valence-electron chi connectivity index (χ0n) is 13.5. The van der Waals surface area contributed by atoms with Crippen molar-refractivity contribution in [3.8, 4) is 5.75 Å². The molecule has 3 heteroatoms. The molecule has 21 heavy (non-hydrogen) atoms. The Bertz CT molecular complexity index is 442. The van der Waals surface area contributed by atoms with Gasteiger partial charge in [-0.1, -0.05) is 44.9 Å². The Labute approximate surface area is 128 Å². The van der Waals surface area contributed by atoms with Gasteiger partial charge in [-0.25, -0.2) is 0 Å². The van der Waals surface area contributed by atoms with Crippen molar-refractivity contribution in [2.75, 3.05) is 20.3 Å². The summed E-state index contributed by atoms with van der Waals surface area (Å²) in [4.78, 5) is 0. The van der Waals surface area contributed by atoms with Gasteiger partial charge in [-0.3, -0.25) is 0 Å². The number of hydrogen-bond acceptors (Lipinski definition) is 3. The van der Waals surface area contributed by atoms with Gasteiger partial charge in [0.25, 0.3) is 0 Å². The largest absolute Gasteiger partial charge is 0.491 e. The van der Waals surface area contributed by atoms with Crippen LogP contribution in [-0.4, -0.2) is 25.4 Å². The van der Waals surface area contributed by atoms with Gasteiger partial charge in [0.05, 0.1) is 12.7 Å². The maximum atomic E-state index is 10.9. The summed E-state index contributed by atoms with van der Waals surface area (Å²) in [6.07, 6.45) is 4.28. The first-order chi connectivity index (χ1) is 10.1. The van der Waals surface area contributed by atoms with E-state index in [1.807, 2.05) is 24.3 Å². The molecule has 0 saturated heterocycles. The van der Waals surface area contributed by atoms with Crippen LogP contribution in [0, 0.1) is 11.3 Å². The highest BCUT2D eigenvalue weighted by Gasteiger charge is 2.38. The summed E-state index contributed by atoms with van der Waals surface area (Å²) in [6.45, 7) is 5.61. The quantitative estimate of drug-likeness (QED) is 0.807. The number of aliphatic hydroxyl groups excluding tert-OH is 1. The standard InChI is InChI=1S/C18H28O3/c1-18(2)11-7-6-9-15(18)17(19)14-8-4-5-10-16(14)21-13-12-20-3/h4-5,8,10,15,17,19H,6-7,9,11-13H2,1-3H3. The Morgan fingerprint density at radius 2 is 2.00 bits per heavy atom. The summed E-state index contributed by atoms with van der Waals surface area (Å²) in [5.74, 6) is 1.07. The van der Waals surface area contributed by atoms with Crippen LogP contribution in [-0.2, 0) is 4.74 Å². The molecule has 0 amide bonds. The van der Waals surface area contributed by atoms with E-state index < -0.39 is 6.10 Å². The first-order valence-electron chi connectivity index (χ1n) is 7.95. The fraction of sp³-hybridized carbons (Fsp3) is 0.667. The van der Waals surface area contributed by atoms with Crippen LogP contribution in [0.5, 0.6) is 5.75 Å². The minimum Gasteiger partial charge on any atom is -0.491 e. The third-order valence-corrected chi connectivity index (χ3v) is 4.75. The van der Waals surface area contributed by atoms with Crippen LogP contribution >= 0.6 is 0 Å². The van der Waals surface area contributed by atoms with Crippen molar-refractivity contribution in [3.63, 3.8) is 0 Å². The van der Waals surface area contributed by atoms with E-state index in [-0.39, 0.29) is 5.41 Å². The van der Waals surface area contributed by atoms with Crippen molar-refractivity contribution in [1.82, 2.24) is 0 Å². The van der Waals surface area contributed by atoms with E-state index in [1.165, 1.54) is 19.3 Å². The summed E-state index contributed by atoms with van der Waals surface area (Å²) in [5.41, 5.74) is 1.09. The fourth-order valence-corrected chi connectivity index (χ4v) is 3.41. The number of aliphatic hydroxyl groups is 1. The van der Waals surface area contributed by atoms with Crippen molar-refractivity contribution in [1.29, 1.82) is 0 Å². The molecule has 1 aromatic rings. The molecular formula is C18H28O3. The topological polar surface area (TPSA) is 38.7 Å². The van der Waals surface area contributed by atoms with Crippen molar-refractivity contribution >= 4 is 0 Å². The van der Waals surface area contributed by atoms with Gasteiger partial charge >= 0.3 is 0 Å². The van der Waals surface area contributed by atoms with Gasteiger partial charge in [-0.15, -0.1) is 0 Å². The molecular weight excluding hydrogens is 264 g/mol. The molecule has 0 radical (unpaired) electrons. The van der Waals surface area contributed by atoms with Crippen molar-refractivity contribution in [2.24, 2.45) is 11.3 Å². The average molecular weight is 292 g/mol. The molecule has 0 bridgehead atoms. The highest BCUT2D eigenvalue weighted by atomic mass is 16.5. The van der Waals surface area contributed by atoms with E-state index in [4.69, 9.17) is 9.47 Å². The highest BCUT2D eigenvalue weighted by Crippen LogP contribution is 2.48. The summed E-state index contributed by atoms with van der Waals surface area (Å²) >= 11 is 0. The number of benzene rings is 1. The molecule has 118 valence electrons. The Morgan fingerprint density at radius 1 is 1.24 bits per heavy atom. The van der Waals surface area contributed by atoms with E-state index in [9.17, 15) is 5.11 Å². The smallest absolute Gasteiger partial charge is 0.125 e. The van der Waals surface area contributed by atoms with Crippen molar-refractivity contribution in [2.45, 2.75) is 45.6 Å². The maximum Gasteiger partial charge on any atom is 0.125 e. The minimum absolute atomic E-state index is 0.178. The monoisotopic (exact) mass is 292 g/mol. The SMILES string of the molecule is COCCOc1ccccc1C(O)C1CCCCC1(C)C. The van der Waals surface area contributed by atoms with Crippen molar-refractivity contribution < 1.29 is 14.6 Å². The second-order valence-electron chi connectivity index (χ2n) is 6.66. The minimum atomic E-state index is -0.459. The third-order valence-electron chi connectivity index (χ3n) is 4.75. The summed E-state index contributed by atoms with van der Waals surface area (Å²) in [5, 5.41) is 10.9. The molecule has 0 aliphatic heterocycles. The van der Waals surface area contributed by atoms with Gasteiger partial charge in [-0.05, 0) is 30.2 Å². The zero-order valence-corrected chi connectivity index (χ0v) is 13.5. The summed E-state index contributed by atoms with van der Waals surface area (Å²) < 4.78 is 10.8. The van der Waals surface area contributed by atoms with E-state index >= 15 is 0 Å². The van der Waals surface area contributed by atoms with Crippen LogP contribution in [0.25, 0.3) is 0 Å². The first kappa shape index (κ1) is 16.3. The summed E-state index contributed by atoms with van der Waals surface area (Å²) in [6, 6.07) is 7.84. The molecule has 1 fully saturated rings. The van der Waals surface area contributed by atoms with Crippen LogP contribution in [0.2, 0.25) is 0 Å². The van der Waals surface area contributed by atoms with Crippen molar-refractivity contribution in [3.05, 3.63) is 29.8 Å². The number of hydrogen-bond donors (Lipinski definition) is 1. The van der Waals surface area contributed by atoms with E-state index in [2.05, 4.69) is 13.8 Å². The van der Waals surface area contributed by atoms with E-state index in [0.717, 1.165) is 17.7 Å². The van der Waals surface area contributed by atoms with Gasteiger partial charge in [0.2, 0.25) is 0 Å². The Balaban J connectivity index is 2.16. The molecule has 2 atom stereocenters. The zero-order chi connectivity index (χ0) is 15.3. The van der Waals surface area contributed by atoms with Gasteiger partial charge in [0.15, 0.2) is 0 Å². The molecule has 1 aliphatic rings. The molecule has 0 spiro atoms. The Morgan fingerprint density at radius 3 is 2.71 bits per heavy atom. The second-order valence-corrected chi connectivity index (χ2v) is 6.66. The molecule has 0 heterocycles. The van der Waals surface area contributed by atoms with Crippen LogP contribution in [0.1, 0.15) is 51.2 Å². The lowest BCUT2D eigenvalue weighted by Gasteiger charge is -2.41. The predicted molar refractivity (Wildman–Crippen MR) is 84.5 cm³/mol. The highest BCUT2D eigenvalue weighted by molar-refractivity contribution is 5.35. The average Bonchev–Trinajstić information content (AvgIpc) is 2.47. The number of methoxy groups -OCH3 is 1. The normalized spacial score (nSPS) is 22.8. The van der Waals surface area contributed by atoms with Gasteiger partial charge in [0.1, 0.15) is 12.4 Å². The Hall–Kier alpha value is -1.06. The van der Waals surface area contributed by atoms with Gasteiger partial charge in [-0.2, -0.15) is 0 Å². The lowest BCUT2D eigenvalue weighted by molar-refractivity contribution is 0.00211. The molecule has 1 saturated carbocycles. The molecule has 3 nitrogen and oxygen atoms in total. The van der Waals surface area contributed by atoms with Crippen LogP contribution in [0.15, 0.2) is 24.3 Å². The number of rotatable bonds is 6. The van der Waals surface area contributed by atoms with E-state index in [0.29, 0.717) is 19.1 Å². The van der Waals surface area contributed by atoms with Crippen LogP contribution in [0.3, 0.4) is 0 Å². The number of ether oxygens (including phenoxy) is 2. The Kier molecular flexibility index (Phi) is 5.65. The van der Waals surface area contributed by atoms with Crippen LogP contribution in [0.4, 0.5) is 0 Å². The number of para-hydroxylation sites is 1. The molecule has 1 aromatic carbocycles. The second kappa shape index (κ2) is 7.28. The molecule has 0 aromatic heterocycles. The molecule has 1 N–H and O–H groups in total. The lowest BCUT2D eigenvalue weighted by Crippen LogP contribution is -2.32. The molecule has 1 aliphatic carbocycles. The van der Waals surface area contributed by atoms with Gasteiger partial charge < -0.3 is 14.6 Å². The fourth-order valence-electron chi connectivity index (χ4n) is 3.41. The molecule has 2 rings (SSSR count). The predicted octanol–water partition coefficient (Wildman–Crippen LogP) is 3.96. The lowest BCUT2D eigenvalue weighted by atomic mass is 9.65. The summed E-state index contributed by atoms with van der Waals surface area (Å²) in [7, 11) is 1.66.